The van der Waals surface area contributed by atoms with E-state index in [4.69, 9.17) is 42.5 Å². The number of anilines is 1. The largest absolute Gasteiger partial charge is 0.497 e. The number of hydrogen-bond donors (Lipinski definition) is 3. The highest BCUT2D eigenvalue weighted by atomic mass is 35.5. The van der Waals surface area contributed by atoms with Gasteiger partial charge in [-0.2, -0.15) is 0 Å². The molecule has 0 aliphatic heterocycles. The first-order valence-corrected chi connectivity index (χ1v) is 11.9. The van der Waals surface area contributed by atoms with Crippen LogP contribution in [0.5, 0.6) is 17.2 Å². The SMILES string of the molecule is COc1cc(NC(C(=O)c2c[nH]c3c(C)c(Cl)ccc23)c2ccc(Cl)cc2OC)cc(OCCO)c1. The molecule has 1 aromatic heterocycles. The monoisotopic (exact) mass is 528 g/mol. The molecule has 0 bridgehead atoms. The first-order chi connectivity index (χ1) is 17.4. The van der Waals surface area contributed by atoms with Crippen molar-refractivity contribution in [3.63, 3.8) is 0 Å². The number of carbonyl (C=O) groups excluding carboxylic acids is 1. The number of nitrogens with one attached hydrogen (secondary N) is 2. The van der Waals surface area contributed by atoms with E-state index in [0.29, 0.717) is 44.1 Å². The minimum absolute atomic E-state index is 0.122. The highest BCUT2D eigenvalue weighted by molar-refractivity contribution is 6.32. The summed E-state index contributed by atoms with van der Waals surface area (Å²) in [5.41, 5.74) is 3.34. The quantitative estimate of drug-likeness (QED) is 0.212. The van der Waals surface area contributed by atoms with Gasteiger partial charge < -0.3 is 29.6 Å². The average Bonchev–Trinajstić information content (AvgIpc) is 3.32. The number of rotatable bonds is 10. The summed E-state index contributed by atoms with van der Waals surface area (Å²) in [5.74, 6) is 1.29. The Labute approximate surface area is 218 Å². The minimum atomic E-state index is -0.843. The number of aliphatic hydroxyl groups excluding tert-OH is 1. The average molecular weight is 529 g/mol. The molecule has 4 aromatic rings. The lowest BCUT2D eigenvalue weighted by molar-refractivity contribution is 0.0970. The number of fused-ring (bicyclic) bond motifs is 1. The Morgan fingerprint density at radius 3 is 2.56 bits per heavy atom. The Bertz CT molecular complexity index is 1400. The molecule has 0 radical (unpaired) electrons. The van der Waals surface area contributed by atoms with Crippen molar-refractivity contribution in [2.45, 2.75) is 13.0 Å². The summed E-state index contributed by atoms with van der Waals surface area (Å²) in [6.07, 6.45) is 1.69. The lowest BCUT2D eigenvalue weighted by Gasteiger charge is -2.22. The van der Waals surface area contributed by atoms with Crippen LogP contribution in [-0.2, 0) is 0 Å². The number of methoxy groups -OCH3 is 2. The number of aromatic amines is 1. The Balaban J connectivity index is 1.82. The van der Waals surface area contributed by atoms with Crippen LogP contribution in [0.25, 0.3) is 10.9 Å². The zero-order valence-corrected chi connectivity index (χ0v) is 21.5. The first kappa shape index (κ1) is 25.7. The fourth-order valence-electron chi connectivity index (χ4n) is 4.07. The van der Waals surface area contributed by atoms with E-state index in [1.54, 1.807) is 55.8 Å². The third-order valence-corrected chi connectivity index (χ3v) is 6.52. The molecular formula is C27H26Cl2N2O5. The standard InChI is InChI=1S/C27H26Cl2N2O5/c1-15-23(29)7-6-20-22(14-30-25(15)20)27(33)26(21-5-4-16(28)10-24(21)35-3)31-17-11-18(34-2)13-19(12-17)36-9-8-32/h4-7,10-14,26,30-32H,8-9H2,1-3H3. The smallest absolute Gasteiger partial charge is 0.191 e. The van der Waals surface area contributed by atoms with Gasteiger partial charge in [0.2, 0.25) is 0 Å². The van der Waals surface area contributed by atoms with Gasteiger partial charge in [0.05, 0.1) is 26.3 Å². The van der Waals surface area contributed by atoms with Gasteiger partial charge in [-0.15, -0.1) is 0 Å². The third kappa shape index (κ3) is 5.23. The van der Waals surface area contributed by atoms with Crippen LogP contribution in [0.2, 0.25) is 10.0 Å². The second kappa shape index (κ2) is 11.1. The van der Waals surface area contributed by atoms with Crippen molar-refractivity contribution in [2.24, 2.45) is 0 Å². The van der Waals surface area contributed by atoms with Crippen molar-refractivity contribution >= 4 is 45.6 Å². The number of aryl methyl sites for hydroxylation is 1. The molecule has 1 unspecified atom stereocenters. The molecule has 3 aromatic carbocycles. The molecule has 1 heterocycles. The summed E-state index contributed by atoms with van der Waals surface area (Å²) in [7, 11) is 3.07. The van der Waals surface area contributed by atoms with Gasteiger partial charge in [-0.25, -0.2) is 0 Å². The van der Waals surface area contributed by atoms with Crippen LogP contribution in [0.3, 0.4) is 0 Å². The molecule has 0 aliphatic carbocycles. The number of hydrogen-bond acceptors (Lipinski definition) is 6. The van der Waals surface area contributed by atoms with Crippen molar-refractivity contribution in [1.82, 2.24) is 4.98 Å². The number of halogens is 2. The Kier molecular flexibility index (Phi) is 7.94. The number of carbonyl (C=O) groups is 1. The van der Waals surface area contributed by atoms with Crippen molar-refractivity contribution < 1.29 is 24.1 Å². The van der Waals surface area contributed by atoms with E-state index in [0.717, 1.165) is 16.5 Å². The lowest BCUT2D eigenvalue weighted by Crippen LogP contribution is -2.22. The molecule has 0 spiro atoms. The molecule has 0 saturated heterocycles. The topological polar surface area (TPSA) is 92.8 Å². The van der Waals surface area contributed by atoms with Gasteiger partial charge in [-0.1, -0.05) is 35.3 Å². The predicted octanol–water partition coefficient (Wildman–Crippen LogP) is 6.21. The Morgan fingerprint density at radius 2 is 1.83 bits per heavy atom. The fourth-order valence-corrected chi connectivity index (χ4v) is 4.39. The first-order valence-electron chi connectivity index (χ1n) is 11.2. The van der Waals surface area contributed by atoms with E-state index in [1.807, 2.05) is 13.0 Å². The van der Waals surface area contributed by atoms with Gasteiger partial charge in [0, 0.05) is 56.6 Å². The predicted molar refractivity (Wildman–Crippen MR) is 142 cm³/mol. The van der Waals surface area contributed by atoms with Gasteiger partial charge >= 0.3 is 0 Å². The zero-order chi connectivity index (χ0) is 25.8. The van der Waals surface area contributed by atoms with Gasteiger partial charge in [-0.05, 0) is 30.7 Å². The summed E-state index contributed by atoms with van der Waals surface area (Å²) >= 11 is 12.5. The zero-order valence-electron chi connectivity index (χ0n) is 20.0. The van der Waals surface area contributed by atoms with Crippen LogP contribution in [0.1, 0.15) is 27.5 Å². The third-order valence-electron chi connectivity index (χ3n) is 5.87. The molecule has 4 rings (SSSR count). The number of Topliss-reactive ketones (excluding diaryl/α,β-unsaturated/α-hetero) is 1. The van der Waals surface area contributed by atoms with Gasteiger partial charge in [0.25, 0.3) is 0 Å². The second-order valence-corrected chi connectivity index (χ2v) is 8.94. The maximum Gasteiger partial charge on any atom is 0.191 e. The molecule has 188 valence electrons. The Hall–Kier alpha value is -3.39. The number of ether oxygens (including phenoxy) is 3. The number of aliphatic hydroxyl groups is 1. The maximum atomic E-state index is 14.1. The summed E-state index contributed by atoms with van der Waals surface area (Å²) in [6.45, 7) is 1.89. The molecule has 36 heavy (non-hydrogen) atoms. The van der Waals surface area contributed by atoms with E-state index in [1.165, 1.54) is 7.11 Å². The van der Waals surface area contributed by atoms with Gasteiger partial charge in [-0.3, -0.25) is 4.79 Å². The van der Waals surface area contributed by atoms with Crippen molar-refractivity contribution in [2.75, 3.05) is 32.8 Å². The highest BCUT2D eigenvalue weighted by Gasteiger charge is 2.28. The van der Waals surface area contributed by atoms with E-state index in [2.05, 4.69) is 10.3 Å². The van der Waals surface area contributed by atoms with Gasteiger partial charge in [0.15, 0.2) is 5.78 Å². The molecule has 0 aliphatic rings. The van der Waals surface area contributed by atoms with Crippen LogP contribution >= 0.6 is 23.2 Å². The highest BCUT2D eigenvalue weighted by Crippen LogP contribution is 2.37. The lowest BCUT2D eigenvalue weighted by atomic mass is 9.95. The molecule has 1 atom stereocenters. The summed E-state index contributed by atoms with van der Waals surface area (Å²) in [4.78, 5) is 17.3. The fraction of sp³-hybridized carbons (Fsp3) is 0.222. The number of aromatic nitrogens is 1. The summed E-state index contributed by atoms with van der Waals surface area (Å²) in [6, 6.07) is 13.1. The van der Waals surface area contributed by atoms with E-state index in [-0.39, 0.29) is 19.0 Å². The summed E-state index contributed by atoms with van der Waals surface area (Å²) in [5, 5.41) is 14.3. The van der Waals surface area contributed by atoms with Crippen molar-refractivity contribution in [3.8, 4) is 17.2 Å². The number of H-pyrrole nitrogens is 1. The van der Waals surface area contributed by atoms with Crippen LogP contribution in [0.4, 0.5) is 5.69 Å². The Morgan fingerprint density at radius 1 is 1.06 bits per heavy atom. The van der Waals surface area contributed by atoms with Crippen LogP contribution in [0, 0.1) is 6.92 Å². The van der Waals surface area contributed by atoms with Gasteiger partial charge in [0.1, 0.15) is 29.9 Å². The van der Waals surface area contributed by atoms with E-state index in [9.17, 15) is 4.79 Å². The van der Waals surface area contributed by atoms with E-state index >= 15 is 0 Å². The molecule has 9 heteroatoms. The van der Waals surface area contributed by atoms with Crippen molar-refractivity contribution in [3.05, 3.63) is 81.5 Å². The summed E-state index contributed by atoms with van der Waals surface area (Å²) < 4.78 is 16.6. The van der Waals surface area contributed by atoms with Crippen molar-refractivity contribution in [1.29, 1.82) is 0 Å². The number of benzene rings is 3. The minimum Gasteiger partial charge on any atom is -0.497 e. The molecule has 0 saturated carbocycles. The molecule has 3 N–H and O–H groups in total. The van der Waals surface area contributed by atoms with Crippen LogP contribution < -0.4 is 19.5 Å². The molecule has 0 fully saturated rings. The van der Waals surface area contributed by atoms with Crippen LogP contribution in [-0.4, -0.2) is 43.3 Å². The molecule has 0 amide bonds. The maximum absolute atomic E-state index is 14.1. The molecular weight excluding hydrogens is 503 g/mol. The normalized spacial score (nSPS) is 11.8. The van der Waals surface area contributed by atoms with Crippen LogP contribution in [0.15, 0.2) is 54.7 Å². The molecule has 7 nitrogen and oxygen atoms in total. The number of ketones is 1. The second-order valence-electron chi connectivity index (χ2n) is 8.09. The van der Waals surface area contributed by atoms with E-state index < -0.39 is 6.04 Å².